The van der Waals surface area contributed by atoms with Crippen LogP contribution < -0.4 is 15.2 Å². The molecule has 1 aromatic heterocycles. The first-order chi connectivity index (χ1) is 12.6. The molecule has 2 aliphatic rings. The maximum absolute atomic E-state index is 12.1. The Morgan fingerprint density at radius 2 is 2.15 bits per heavy atom. The number of hydrogen-bond acceptors (Lipinski definition) is 5. The molecule has 0 aliphatic carbocycles. The zero-order valence-electron chi connectivity index (χ0n) is 15.1. The minimum Gasteiger partial charge on any atom is -0.337 e. The summed E-state index contributed by atoms with van der Waals surface area (Å²) in [5, 5.41) is 6.39. The van der Waals surface area contributed by atoms with Gasteiger partial charge in [-0.05, 0) is 33.7 Å². The van der Waals surface area contributed by atoms with Gasteiger partial charge < -0.3 is 4.90 Å². The Hall–Kier alpha value is -1.21. The van der Waals surface area contributed by atoms with Gasteiger partial charge in [0.2, 0.25) is 11.6 Å². The van der Waals surface area contributed by atoms with Crippen LogP contribution in [0.5, 0.6) is 0 Å². The minimum atomic E-state index is -0.194. The van der Waals surface area contributed by atoms with Gasteiger partial charge >= 0.3 is 0 Å². The van der Waals surface area contributed by atoms with Crippen LogP contribution in [0.25, 0.3) is 0 Å². The van der Waals surface area contributed by atoms with E-state index in [1.807, 2.05) is 21.7 Å². The molecule has 0 spiro atoms. The molecule has 0 bridgehead atoms. The molecule has 2 N–H and O–H groups in total. The van der Waals surface area contributed by atoms with Crippen molar-refractivity contribution in [2.75, 3.05) is 38.2 Å². The van der Waals surface area contributed by atoms with E-state index in [4.69, 9.17) is 0 Å². The van der Waals surface area contributed by atoms with Crippen molar-refractivity contribution < 1.29 is 14.2 Å². The summed E-state index contributed by atoms with van der Waals surface area (Å²) in [7, 11) is 2.25. The van der Waals surface area contributed by atoms with E-state index in [0.29, 0.717) is 0 Å². The molecule has 3 unspecified atom stereocenters. The second-order valence-electron chi connectivity index (χ2n) is 6.67. The van der Waals surface area contributed by atoms with E-state index in [1.165, 1.54) is 5.56 Å². The average Bonchev–Trinajstić information content (AvgIpc) is 3.01. The number of carbonyl (C=O) groups is 2. The quantitative estimate of drug-likeness (QED) is 0.538. The van der Waals surface area contributed by atoms with Gasteiger partial charge in [0.1, 0.15) is 0 Å². The van der Waals surface area contributed by atoms with E-state index in [2.05, 4.69) is 43.3 Å². The summed E-state index contributed by atoms with van der Waals surface area (Å²) in [6, 6.07) is 3.99. The van der Waals surface area contributed by atoms with E-state index in [0.717, 1.165) is 44.9 Å². The Morgan fingerprint density at radius 1 is 1.38 bits per heavy atom. The Labute approximate surface area is 161 Å². The summed E-state index contributed by atoms with van der Waals surface area (Å²) in [5.74, 6) is 1.04. The Kier molecular flexibility index (Phi) is 6.86. The largest absolute Gasteiger partial charge is 0.337 e. The number of pyridine rings is 1. The maximum Gasteiger partial charge on any atom is 0.293 e. The molecule has 2 fully saturated rings. The lowest BCUT2D eigenvalue weighted by Crippen LogP contribution is -2.51. The highest BCUT2D eigenvalue weighted by atomic mass is 32.2. The van der Waals surface area contributed by atoms with Crippen molar-refractivity contribution in [2.24, 2.45) is 0 Å². The number of nitrogens with one attached hydrogen (secondary N) is 2. The van der Waals surface area contributed by atoms with Gasteiger partial charge in [0, 0.05) is 44.4 Å². The molecule has 142 valence electrons. The summed E-state index contributed by atoms with van der Waals surface area (Å²) >= 11 is 1.75. The van der Waals surface area contributed by atoms with Gasteiger partial charge in [0.15, 0.2) is 12.4 Å². The van der Waals surface area contributed by atoms with Crippen LogP contribution in [0.3, 0.4) is 0 Å². The molecule has 2 aliphatic heterocycles. The first-order valence-corrected chi connectivity index (χ1v) is 10.9. The average molecular weight is 396 g/mol. The standard InChI is InChI=1S/C17H26N5O2PS/c1-26-10-4-14-15(23)19-16(18-14)22-5-2-3-13(12-22)11-20-6-8-21(9-7-20)17(24)25/h2-3,5,12,14,16,18H,4,6-11,25H2,1H3/p+1. The predicted molar refractivity (Wildman–Crippen MR) is 106 cm³/mol. The molecular weight excluding hydrogens is 369 g/mol. The fraction of sp³-hybridized carbons (Fsp3) is 0.588. The van der Waals surface area contributed by atoms with Crippen LogP contribution in [0.2, 0.25) is 0 Å². The normalized spacial score (nSPS) is 23.9. The van der Waals surface area contributed by atoms with Crippen molar-refractivity contribution in [3.8, 4) is 0 Å². The molecule has 7 nitrogen and oxygen atoms in total. The lowest BCUT2D eigenvalue weighted by atomic mass is 10.2. The molecule has 3 heterocycles. The number of thioether (sulfide) groups is 1. The van der Waals surface area contributed by atoms with Crippen molar-refractivity contribution in [1.29, 1.82) is 0 Å². The first kappa shape index (κ1) is 19.5. The van der Waals surface area contributed by atoms with E-state index in [-0.39, 0.29) is 23.9 Å². The third-order valence-corrected chi connectivity index (χ3v) is 5.85. The van der Waals surface area contributed by atoms with E-state index in [1.54, 1.807) is 11.8 Å². The van der Waals surface area contributed by atoms with Crippen LogP contribution >= 0.6 is 21.0 Å². The Bertz CT molecular complexity index is 654. The highest BCUT2D eigenvalue weighted by Gasteiger charge is 2.36. The minimum absolute atomic E-state index is 0.0696. The Morgan fingerprint density at radius 3 is 2.85 bits per heavy atom. The second kappa shape index (κ2) is 9.13. The van der Waals surface area contributed by atoms with Crippen LogP contribution in [-0.2, 0) is 11.3 Å². The van der Waals surface area contributed by atoms with Crippen molar-refractivity contribution >= 4 is 32.6 Å². The first-order valence-electron chi connectivity index (χ1n) is 8.88. The van der Waals surface area contributed by atoms with Gasteiger partial charge in [0.05, 0.1) is 6.04 Å². The number of aromatic nitrogens is 1. The van der Waals surface area contributed by atoms with Crippen LogP contribution in [0.15, 0.2) is 24.5 Å². The van der Waals surface area contributed by atoms with Crippen LogP contribution in [0, 0.1) is 0 Å². The Balaban J connectivity index is 1.57. The number of amides is 2. The molecule has 0 saturated carbocycles. The van der Waals surface area contributed by atoms with Gasteiger partial charge in [-0.15, -0.1) is 0 Å². The zero-order chi connectivity index (χ0) is 18.5. The third kappa shape index (κ3) is 4.94. The maximum atomic E-state index is 12.1. The number of nitrogens with zero attached hydrogens (tertiary/aromatic N) is 3. The smallest absolute Gasteiger partial charge is 0.293 e. The van der Waals surface area contributed by atoms with Gasteiger partial charge in [-0.3, -0.25) is 19.8 Å². The fourth-order valence-corrected chi connectivity index (χ4v) is 4.07. The summed E-state index contributed by atoms with van der Waals surface area (Å²) in [6.45, 7) is 4.14. The number of rotatable bonds is 6. The van der Waals surface area contributed by atoms with Gasteiger partial charge in [0.25, 0.3) is 6.29 Å². The van der Waals surface area contributed by atoms with Gasteiger partial charge in [-0.25, -0.2) is 5.32 Å². The molecule has 3 atom stereocenters. The predicted octanol–water partition coefficient (Wildman–Crippen LogP) is 0.384. The van der Waals surface area contributed by atoms with Crippen molar-refractivity contribution in [3.05, 3.63) is 30.1 Å². The lowest BCUT2D eigenvalue weighted by Gasteiger charge is -2.33. The molecule has 2 saturated heterocycles. The molecule has 1 aromatic rings. The van der Waals surface area contributed by atoms with Gasteiger partial charge in [-0.2, -0.15) is 16.3 Å². The fourth-order valence-electron chi connectivity index (χ4n) is 3.34. The topological polar surface area (TPSA) is 68.6 Å². The van der Waals surface area contributed by atoms with E-state index in [9.17, 15) is 9.59 Å². The number of carbonyl (C=O) groups excluding carboxylic acids is 2. The molecule has 0 radical (unpaired) electrons. The summed E-state index contributed by atoms with van der Waals surface area (Å²) < 4.78 is 2.02. The van der Waals surface area contributed by atoms with Gasteiger partial charge in [-0.1, -0.05) is 0 Å². The second-order valence-corrected chi connectivity index (χ2v) is 8.15. The third-order valence-electron chi connectivity index (χ3n) is 4.84. The van der Waals surface area contributed by atoms with Crippen molar-refractivity contribution in [1.82, 2.24) is 20.4 Å². The summed E-state index contributed by atoms with van der Waals surface area (Å²) in [4.78, 5) is 27.7. The van der Waals surface area contributed by atoms with Crippen LogP contribution in [0.1, 0.15) is 18.3 Å². The van der Waals surface area contributed by atoms with Crippen LogP contribution in [0.4, 0.5) is 4.79 Å². The monoisotopic (exact) mass is 396 g/mol. The molecule has 3 rings (SSSR count). The van der Waals surface area contributed by atoms with Crippen molar-refractivity contribution in [2.45, 2.75) is 25.3 Å². The molecule has 0 aromatic carbocycles. The van der Waals surface area contributed by atoms with E-state index >= 15 is 0 Å². The summed E-state index contributed by atoms with van der Waals surface area (Å²) in [6.07, 6.45) is 6.76. The molecule has 9 heteroatoms. The molecule has 26 heavy (non-hydrogen) atoms. The summed E-state index contributed by atoms with van der Waals surface area (Å²) in [5.41, 5.74) is 1.27. The molecule has 2 amide bonds. The highest BCUT2D eigenvalue weighted by Crippen LogP contribution is 2.11. The zero-order valence-corrected chi connectivity index (χ0v) is 17.0. The van der Waals surface area contributed by atoms with E-state index < -0.39 is 0 Å². The van der Waals surface area contributed by atoms with Crippen molar-refractivity contribution in [3.63, 3.8) is 0 Å². The highest BCUT2D eigenvalue weighted by molar-refractivity contribution is 7.98. The number of hydrogen-bond donors (Lipinski definition) is 2. The SMILES string of the molecule is CSCCC1NC([n+]2cccc(CN3CCN(C(=O)P)CC3)c2)NC1=O. The molecular formula is C17H27N5O2PS+. The van der Waals surface area contributed by atoms with Crippen LogP contribution in [-0.4, -0.2) is 65.6 Å². The lowest BCUT2D eigenvalue weighted by molar-refractivity contribution is -0.730. The number of piperazine rings is 1.